The van der Waals surface area contributed by atoms with Crippen LogP contribution in [-0.4, -0.2) is 30.6 Å². The van der Waals surface area contributed by atoms with Crippen LogP contribution < -0.4 is 5.32 Å². The second-order valence-corrected chi connectivity index (χ2v) is 6.27. The van der Waals surface area contributed by atoms with Crippen molar-refractivity contribution in [2.75, 3.05) is 19.6 Å². The van der Waals surface area contributed by atoms with E-state index < -0.39 is 0 Å². The molecule has 1 saturated carbocycles. The van der Waals surface area contributed by atoms with Gasteiger partial charge in [0.05, 0.1) is 0 Å². The molecule has 0 saturated heterocycles. The van der Waals surface area contributed by atoms with Gasteiger partial charge in [0.1, 0.15) is 0 Å². The topological polar surface area (TPSA) is 15.3 Å². The molecule has 0 radical (unpaired) electrons. The zero-order valence-corrected chi connectivity index (χ0v) is 12.3. The van der Waals surface area contributed by atoms with E-state index in [-0.39, 0.29) is 0 Å². The van der Waals surface area contributed by atoms with Crippen LogP contribution in [0.15, 0.2) is 17.5 Å². The lowest BCUT2D eigenvalue weighted by Crippen LogP contribution is -2.30. The molecule has 1 fully saturated rings. The molecular weight excluding hydrogens is 240 g/mol. The summed E-state index contributed by atoms with van der Waals surface area (Å²) in [7, 11) is 0. The standard InChI is InChI=1S/C15H26N2S/c1-2-17(13-15-9-5-12-18-15)11-6-10-16-14-7-3-4-8-14/h5,9,12,14,16H,2-4,6-8,10-11,13H2,1H3. The molecule has 0 amide bonds. The molecule has 1 N–H and O–H groups in total. The SMILES string of the molecule is CCN(CCCNC1CCCC1)Cc1cccs1. The third kappa shape index (κ3) is 4.71. The molecule has 2 nitrogen and oxygen atoms in total. The van der Waals surface area contributed by atoms with E-state index in [9.17, 15) is 0 Å². The van der Waals surface area contributed by atoms with Crippen molar-refractivity contribution in [2.24, 2.45) is 0 Å². The fraction of sp³-hybridized carbons (Fsp3) is 0.733. The van der Waals surface area contributed by atoms with Crippen molar-refractivity contribution in [3.05, 3.63) is 22.4 Å². The first kappa shape index (κ1) is 14.0. The van der Waals surface area contributed by atoms with Gasteiger partial charge in [-0.1, -0.05) is 25.8 Å². The summed E-state index contributed by atoms with van der Waals surface area (Å²) in [6.45, 7) is 6.94. The monoisotopic (exact) mass is 266 g/mol. The average molecular weight is 266 g/mol. The minimum atomic E-state index is 0.817. The summed E-state index contributed by atoms with van der Waals surface area (Å²) in [4.78, 5) is 4.03. The van der Waals surface area contributed by atoms with Crippen LogP contribution >= 0.6 is 11.3 Å². The highest BCUT2D eigenvalue weighted by molar-refractivity contribution is 7.09. The van der Waals surface area contributed by atoms with Crippen molar-refractivity contribution in [1.29, 1.82) is 0 Å². The molecule has 0 atom stereocenters. The van der Waals surface area contributed by atoms with Crippen molar-refractivity contribution in [2.45, 2.75) is 51.6 Å². The zero-order chi connectivity index (χ0) is 12.6. The number of hydrogen-bond donors (Lipinski definition) is 1. The number of nitrogens with zero attached hydrogens (tertiary/aromatic N) is 1. The molecule has 102 valence electrons. The number of thiophene rings is 1. The van der Waals surface area contributed by atoms with Gasteiger partial charge in [-0.3, -0.25) is 4.90 Å². The summed E-state index contributed by atoms with van der Waals surface area (Å²) in [5, 5.41) is 5.87. The smallest absolute Gasteiger partial charge is 0.0327 e. The first-order valence-electron chi connectivity index (χ1n) is 7.36. The Hall–Kier alpha value is -0.380. The first-order chi connectivity index (χ1) is 8.88. The van der Waals surface area contributed by atoms with Crippen LogP contribution in [0.25, 0.3) is 0 Å². The van der Waals surface area contributed by atoms with E-state index in [1.54, 1.807) is 0 Å². The van der Waals surface area contributed by atoms with E-state index in [0.717, 1.165) is 19.1 Å². The van der Waals surface area contributed by atoms with Gasteiger partial charge in [-0.2, -0.15) is 0 Å². The summed E-state index contributed by atoms with van der Waals surface area (Å²) in [6.07, 6.45) is 6.92. The Morgan fingerprint density at radius 3 is 2.89 bits per heavy atom. The van der Waals surface area contributed by atoms with Crippen LogP contribution in [0.1, 0.15) is 43.9 Å². The lowest BCUT2D eigenvalue weighted by atomic mass is 10.2. The third-order valence-corrected chi connectivity index (χ3v) is 4.71. The number of hydrogen-bond acceptors (Lipinski definition) is 3. The van der Waals surface area contributed by atoms with Crippen molar-refractivity contribution in [3.8, 4) is 0 Å². The second-order valence-electron chi connectivity index (χ2n) is 5.24. The van der Waals surface area contributed by atoms with Gasteiger partial charge in [0.15, 0.2) is 0 Å². The fourth-order valence-electron chi connectivity index (χ4n) is 2.71. The number of nitrogens with one attached hydrogen (secondary N) is 1. The van der Waals surface area contributed by atoms with Gasteiger partial charge < -0.3 is 5.32 Å². The number of rotatable bonds is 8. The Morgan fingerprint density at radius 1 is 1.39 bits per heavy atom. The highest BCUT2D eigenvalue weighted by atomic mass is 32.1. The Bertz CT molecular complexity index is 304. The van der Waals surface area contributed by atoms with E-state index in [1.807, 2.05) is 11.3 Å². The predicted octanol–water partition coefficient (Wildman–Crippen LogP) is 3.49. The third-order valence-electron chi connectivity index (χ3n) is 3.85. The zero-order valence-electron chi connectivity index (χ0n) is 11.5. The summed E-state index contributed by atoms with van der Waals surface area (Å²) in [6, 6.07) is 5.21. The van der Waals surface area contributed by atoms with Crippen LogP contribution in [0.4, 0.5) is 0 Å². The minimum absolute atomic E-state index is 0.817. The van der Waals surface area contributed by atoms with E-state index in [0.29, 0.717) is 0 Å². The van der Waals surface area contributed by atoms with E-state index in [4.69, 9.17) is 0 Å². The Morgan fingerprint density at radius 2 is 2.22 bits per heavy atom. The van der Waals surface area contributed by atoms with Crippen molar-refractivity contribution >= 4 is 11.3 Å². The summed E-state index contributed by atoms with van der Waals surface area (Å²) < 4.78 is 0. The Kier molecular flexibility index (Phi) is 6.18. The van der Waals surface area contributed by atoms with Crippen LogP contribution in [0.2, 0.25) is 0 Å². The highest BCUT2D eigenvalue weighted by Crippen LogP contribution is 2.17. The maximum Gasteiger partial charge on any atom is 0.0327 e. The van der Waals surface area contributed by atoms with E-state index >= 15 is 0 Å². The van der Waals surface area contributed by atoms with Gasteiger partial charge in [-0.25, -0.2) is 0 Å². The van der Waals surface area contributed by atoms with Crippen LogP contribution in [0, 0.1) is 0 Å². The molecule has 3 heteroatoms. The van der Waals surface area contributed by atoms with Gasteiger partial charge in [0, 0.05) is 17.5 Å². The molecule has 0 spiro atoms. The minimum Gasteiger partial charge on any atom is -0.314 e. The average Bonchev–Trinajstić information content (AvgIpc) is 3.06. The molecular formula is C15H26N2S. The molecule has 1 aliphatic carbocycles. The largest absolute Gasteiger partial charge is 0.314 e. The van der Waals surface area contributed by atoms with Gasteiger partial charge >= 0.3 is 0 Å². The van der Waals surface area contributed by atoms with Gasteiger partial charge in [-0.05, 0) is 50.3 Å². The molecule has 2 rings (SSSR count). The summed E-state index contributed by atoms with van der Waals surface area (Å²) >= 11 is 1.87. The Balaban J connectivity index is 1.58. The molecule has 18 heavy (non-hydrogen) atoms. The molecule has 0 aromatic carbocycles. The maximum absolute atomic E-state index is 3.70. The molecule has 0 unspecified atom stereocenters. The van der Waals surface area contributed by atoms with E-state index in [1.165, 1.54) is 50.1 Å². The van der Waals surface area contributed by atoms with Gasteiger partial charge in [-0.15, -0.1) is 11.3 Å². The van der Waals surface area contributed by atoms with Crippen molar-refractivity contribution < 1.29 is 0 Å². The van der Waals surface area contributed by atoms with Crippen LogP contribution in [0.3, 0.4) is 0 Å². The first-order valence-corrected chi connectivity index (χ1v) is 8.24. The van der Waals surface area contributed by atoms with Gasteiger partial charge in [0.2, 0.25) is 0 Å². The highest BCUT2D eigenvalue weighted by Gasteiger charge is 2.13. The Labute approximate surface area is 115 Å². The molecule has 1 aromatic rings. The quantitative estimate of drug-likeness (QED) is 0.725. The summed E-state index contributed by atoms with van der Waals surface area (Å²) in [5.74, 6) is 0. The lowest BCUT2D eigenvalue weighted by molar-refractivity contribution is 0.275. The van der Waals surface area contributed by atoms with Crippen molar-refractivity contribution in [3.63, 3.8) is 0 Å². The predicted molar refractivity (Wildman–Crippen MR) is 80.1 cm³/mol. The fourth-order valence-corrected chi connectivity index (χ4v) is 3.46. The van der Waals surface area contributed by atoms with Crippen LogP contribution in [0.5, 0.6) is 0 Å². The normalized spacial score (nSPS) is 16.8. The maximum atomic E-state index is 3.70. The molecule has 1 heterocycles. The molecule has 0 aliphatic heterocycles. The lowest BCUT2D eigenvalue weighted by Gasteiger charge is -2.20. The molecule has 0 bridgehead atoms. The second kappa shape index (κ2) is 7.93. The van der Waals surface area contributed by atoms with Crippen molar-refractivity contribution in [1.82, 2.24) is 10.2 Å². The molecule has 1 aliphatic rings. The van der Waals surface area contributed by atoms with E-state index in [2.05, 4.69) is 34.7 Å². The van der Waals surface area contributed by atoms with Gasteiger partial charge in [0.25, 0.3) is 0 Å². The molecule has 1 aromatic heterocycles. The van der Waals surface area contributed by atoms with Crippen LogP contribution in [-0.2, 0) is 6.54 Å². The summed E-state index contributed by atoms with van der Waals surface area (Å²) in [5.41, 5.74) is 0.